The van der Waals surface area contributed by atoms with Crippen LogP contribution in [0.2, 0.25) is 0 Å². The molecule has 0 unspecified atom stereocenters. The number of anilines is 1. The number of rotatable bonds is 4. The van der Waals surface area contributed by atoms with Gasteiger partial charge >= 0.3 is 0 Å². The van der Waals surface area contributed by atoms with E-state index in [4.69, 9.17) is 9.97 Å². The van der Waals surface area contributed by atoms with E-state index in [1.54, 1.807) is 11.8 Å². The summed E-state index contributed by atoms with van der Waals surface area (Å²) in [6.07, 6.45) is 0. The summed E-state index contributed by atoms with van der Waals surface area (Å²) in [4.78, 5) is 25.4. The average molecular weight is 406 g/mol. The van der Waals surface area contributed by atoms with Gasteiger partial charge in [-0.15, -0.1) is 11.3 Å². The molecule has 3 aromatic heterocycles. The standard InChI is InChI=1S/C20H15N5OS2/c1-12(26)21-19-22-13(10-27-19)11-28-20-24-15-7-3-2-6-14(15)18-23-16-8-4-5-9-17(16)25(18)20/h2-10H,11H2,1H3,(H,21,22,26). The molecule has 3 heterocycles. The van der Waals surface area contributed by atoms with E-state index >= 15 is 0 Å². The number of imidazole rings is 1. The zero-order valence-corrected chi connectivity index (χ0v) is 16.5. The van der Waals surface area contributed by atoms with Crippen LogP contribution in [-0.2, 0) is 10.5 Å². The van der Waals surface area contributed by atoms with Crippen LogP contribution < -0.4 is 5.32 Å². The fraction of sp³-hybridized carbons (Fsp3) is 0.100. The van der Waals surface area contributed by atoms with E-state index in [0.717, 1.165) is 38.4 Å². The van der Waals surface area contributed by atoms with Crippen LogP contribution in [0.3, 0.4) is 0 Å². The summed E-state index contributed by atoms with van der Waals surface area (Å²) >= 11 is 3.04. The van der Waals surface area contributed by atoms with Crippen LogP contribution in [0.15, 0.2) is 59.1 Å². The minimum absolute atomic E-state index is 0.114. The lowest BCUT2D eigenvalue weighted by Crippen LogP contribution is -2.05. The van der Waals surface area contributed by atoms with Crippen LogP contribution in [0.4, 0.5) is 5.13 Å². The molecule has 0 aliphatic carbocycles. The molecule has 0 spiro atoms. The lowest BCUT2D eigenvalue weighted by molar-refractivity contribution is -0.114. The van der Waals surface area contributed by atoms with E-state index in [0.29, 0.717) is 10.9 Å². The van der Waals surface area contributed by atoms with Gasteiger partial charge in [-0.1, -0.05) is 36.0 Å². The van der Waals surface area contributed by atoms with Gasteiger partial charge in [0, 0.05) is 23.4 Å². The SMILES string of the molecule is CC(=O)Nc1nc(CSc2nc3ccccc3c3nc4ccccc4n23)cs1. The number of para-hydroxylation sites is 3. The maximum absolute atomic E-state index is 11.2. The van der Waals surface area contributed by atoms with Gasteiger partial charge in [-0.05, 0) is 24.3 Å². The van der Waals surface area contributed by atoms with E-state index in [9.17, 15) is 4.79 Å². The number of hydrogen-bond donors (Lipinski definition) is 1. The number of benzene rings is 2. The highest BCUT2D eigenvalue weighted by Crippen LogP contribution is 2.31. The molecule has 0 saturated heterocycles. The summed E-state index contributed by atoms with van der Waals surface area (Å²) in [5.74, 6) is 0.541. The summed E-state index contributed by atoms with van der Waals surface area (Å²) in [6.45, 7) is 1.48. The topological polar surface area (TPSA) is 72.2 Å². The smallest absolute Gasteiger partial charge is 0.223 e. The number of thiazole rings is 1. The third kappa shape index (κ3) is 3.00. The van der Waals surface area contributed by atoms with Crippen molar-refractivity contribution in [2.45, 2.75) is 17.8 Å². The molecule has 0 bridgehead atoms. The minimum atomic E-state index is -0.114. The first-order valence-electron chi connectivity index (χ1n) is 8.70. The molecule has 0 aliphatic rings. The minimum Gasteiger partial charge on any atom is -0.302 e. The first-order valence-corrected chi connectivity index (χ1v) is 10.6. The molecule has 0 saturated carbocycles. The zero-order chi connectivity index (χ0) is 19.1. The second kappa shape index (κ2) is 6.88. The molecular formula is C20H15N5OS2. The molecule has 1 amide bonds. The third-order valence-corrected chi connectivity index (χ3v) is 6.08. The Kier molecular flexibility index (Phi) is 4.22. The van der Waals surface area contributed by atoms with Crippen LogP contribution in [0.25, 0.3) is 27.6 Å². The van der Waals surface area contributed by atoms with Gasteiger partial charge in [0.1, 0.15) is 5.65 Å². The number of carbonyl (C=O) groups excluding carboxylic acids is 1. The number of amides is 1. The van der Waals surface area contributed by atoms with Crippen molar-refractivity contribution in [3.63, 3.8) is 0 Å². The van der Waals surface area contributed by atoms with Gasteiger partial charge in [0.25, 0.3) is 0 Å². The maximum atomic E-state index is 11.2. The number of nitrogens with zero attached hydrogens (tertiary/aromatic N) is 4. The number of carbonyl (C=O) groups is 1. The third-order valence-electron chi connectivity index (χ3n) is 4.30. The van der Waals surface area contributed by atoms with Crippen LogP contribution in [0.1, 0.15) is 12.6 Å². The molecule has 0 radical (unpaired) electrons. The molecule has 0 fully saturated rings. The fourth-order valence-corrected chi connectivity index (χ4v) is 4.89. The highest BCUT2D eigenvalue weighted by molar-refractivity contribution is 7.98. The summed E-state index contributed by atoms with van der Waals surface area (Å²) in [5.41, 5.74) is 4.72. The van der Waals surface area contributed by atoms with Crippen molar-refractivity contribution in [2.75, 3.05) is 5.32 Å². The van der Waals surface area contributed by atoms with Gasteiger partial charge in [0.2, 0.25) is 5.91 Å². The summed E-state index contributed by atoms with van der Waals surface area (Å²) in [5, 5.41) is 7.21. The Morgan fingerprint density at radius 3 is 2.71 bits per heavy atom. The predicted octanol–water partition coefficient (Wildman–Crippen LogP) is 4.74. The Balaban J connectivity index is 1.59. The Labute approximate surface area is 168 Å². The van der Waals surface area contributed by atoms with Gasteiger partial charge in [-0.3, -0.25) is 9.20 Å². The van der Waals surface area contributed by atoms with Crippen molar-refractivity contribution >= 4 is 61.7 Å². The molecule has 0 aliphatic heterocycles. The van der Waals surface area contributed by atoms with Gasteiger partial charge in [-0.25, -0.2) is 15.0 Å². The van der Waals surface area contributed by atoms with Crippen molar-refractivity contribution in [3.8, 4) is 0 Å². The van der Waals surface area contributed by atoms with Crippen molar-refractivity contribution in [1.29, 1.82) is 0 Å². The average Bonchev–Trinajstić information content (AvgIpc) is 3.30. The van der Waals surface area contributed by atoms with Gasteiger partial charge in [0.05, 0.1) is 22.2 Å². The monoisotopic (exact) mass is 405 g/mol. The first-order chi connectivity index (χ1) is 13.7. The van der Waals surface area contributed by atoms with Crippen molar-refractivity contribution < 1.29 is 4.79 Å². The lowest BCUT2D eigenvalue weighted by atomic mass is 10.2. The molecule has 28 heavy (non-hydrogen) atoms. The van der Waals surface area contributed by atoms with E-state index in [1.807, 2.05) is 41.8 Å². The predicted molar refractivity (Wildman–Crippen MR) is 114 cm³/mol. The van der Waals surface area contributed by atoms with Gasteiger partial charge in [0.15, 0.2) is 10.3 Å². The molecule has 1 N–H and O–H groups in total. The highest BCUT2D eigenvalue weighted by atomic mass is 32.2. The Bertz CT molecular complexity index is 1340. The van der Waals surface area contributed by atoms with Crippen molar-refractivity contribution in [1.82, 2.24) is 19.4 Å². The summed E-state index contributed by atoms with van der Waals surface area (Å²) in [6, 6.07) is 16.2. The first kappa shape index (κ1) is 17.2. The molecule has 6 nitrogen and oxygen atoms in total. The molecule has 2 aromatic carbocycles. The largest absolute Gasteiger partial charge is 0.302 e. The van der Waals surface area contributed by atoms with Crippen molar-refractivity contribution in [3.05, 3.63) is 59.6 Å². The number of thioether (sulfide) groups is 1. The number of nitrogens with one attached hydrogen (secondary N) is 1. The Hall–Kier alpha value is -2.97. The second-order valence-corrected chi connectivity index (χ2v) is 8.09. The fourth-order valence-electron chi connectivity index (χ4n) is 3.13. The number of aromatic nitrogens is 4. The van der Waals surface area contributed by atoms with Crippen molar-refractivity contribution in [2.24, 2.45) is 0 Å². The Morgan fingerprint density at radius 2 is 1.86 bits per heavy atom. The molecule has 5 aromatic rings. The lowest BCUT2D eigenvalue weighted by Gasteiger charge is -2.07. The highest BCUT2D eigenvalue weighted by Gasteiger charge is 2.14. The molecule has 8 heteroatoms. The van der Waals surface area contributed by atoms with Gasteiger partial charge in [-0.2, -0.15) is 0 Å². The second-order valence-electron chi connectivity index (χ2n) is 6.28. The van der Waals surface area contributed by atoms with E-state index in [2.05, 4.69) is 26.8 Å². The molecular weight excluding hydrogens is 390 g/mol. The van der Waals surface area contributed by atoms with Crippen LogP contribution in [-0.4, -0.2) is 25.3 Å². The normalized spacial score (nSPS) is 11.5. The molecule has 0 atom stereocenters. The van der Waals surface area contributed by atoms with Gasteiger partial charge < -0.3 is 5.32 Å². The van der Waals surface area contributed by atoms with Crippen LogP contribution in [0.5, 0.6) is 0 Å². The van der Waals surface area contributed by atoms with E-state index in [1.165, 1.54) is 18.3 Å². The van der Waals surface area contributed by atoms with E-state index in [-0.39, 0.29) is 5.91 Å². The van der Waals surface area contributed by atoms with E-state index < -0.39 is 0 Å². The maximum Gasteiger partial charge on any atom is 0.223 e. The molecule has 5 rings (SSSR count). The number of fused-ring (bicyclic) bond motifs is 5. The quantitative estimate of drug-likeness (QED) is 0.345. The Morgan fingerprint density at radius 1 is 1.07 bits per heavy atom. The number of hydrogen-bond acceptors (Lipinski definition) is 6. The summed E-state index contributed by atoms with van der Waals surface area (Å²) < 4.78 is 2.11. The summed E-state index contributed by atoms with van der Waals surface area (Å²) in [7, 11) is 0. The molecule has 138 valence electrons. The van der Waals surface area contributed by atoms with Crippen LogP contribution in [0, 0.1) is 0 Å². The zero-order valence-electron chi connectivity index (χ0n) is 14.9. The van der Waals surface area contributed by atoms with Crippen LogP contribution >= 0.6 is 23.1 Å².